The van der Waals surface area contributed by atoms with E-state index in [1.165, 1.54) is 18.5 Å². The van der Waals surface area contributed by atoms with Crippen LogP contribution in [-0.4, -0.2) is 35.2 Å². The van der Waals surface area contributed by atoms with Gasteiger partial charge < -0.3 is 4.90 Å². The maximum atomic E-state index is 13.3. The Kier molecular flexibility index (Phi) is 5.45. The van der Waals surface area contributed by atoms with Crippen LogP contribution in [0.3, 0.4) is 0 Å². The summed E-state index contributed by atoms with van der Waals surface area (Å²) in [5.41, 5.74) is 0.167. The molecule has 1 fully saturated rings. The third-order valence-corrected chi connectivity index (χ3v) is 4.46. The van der Waals surface area contributed by atoms with Crippen LogP contribution in [0, 0.1) is 0 Å². The van der Waals surface area contributed by atoms with Crippen molar-refractivity contribution in [1.82, 2.24) is 9.36 Å². The van der Waals surface area contributed by atoms with Crippen molar-refractivity contribution in [2.24, 2.45) is 10.2 Å². The van der Waals surface area contributed by atoms with Crippen molar-refractivity contribution < 1.29 is 18.0 Å². The van der Waals surface area contributed by atoms with Gasteiger partial charge in [0, 0.05) is 30.3 Å². The zero-order valence-electron chi connectivity index (χ0n) is 13.6. The minimum atomic E-state index is -4.87. The van der Waals surface area contributed by atoms with E-state index in [-0.39, 0.29) is 27.8 Å². The van der Waals surface area contributed by atoms with Crippen LogP contribution < -0.4 is 9.80 Å². The second-order valence-electron chi connectivity index (χ2n) is 5.59. The van der Waals surface area contributed by atoms with E-state index >= 15 is 0 Å². The Balaban J connectivity index is 2.00. The van der Waals surface area contributed by atoms with E-state index in [4.69, 9.17) is 0 Å². The number of azo groups is 1. The number of carbonyl (C=O) groups excluding carboxylic acids is 1. The molecule has 1 aromatic heterocycles. The van der Waals surface area contributed by atoms with Gasteiger partial charge in [0.2, 0.25) is 11.5 Å². The predicted molar refractivity (Wildman–Crippen MR) is 91.2 cm³/mol. The van der Waals surface area contributed by atoms with Crippen LogP contribution >= 0.6 is 11.5 Å². The SMILES string of the molecule is O=CN(c1cc(N2CCCCC2)ccc1N=Nc1ncns1)C(F)(F)F. The number of benzene rings is 1. The number of nitrogens with zero attached hydrogens (tertiary/aromatic N) is 6. The van der Waals surface area contributed by atoms with Crippen molar-refractivity contribution in [2.75, 3.05) is 22.9 Å². The number of anilines is 2. The highest BCUT2D eigenvalue weighted by atomic mass is 32.1. The molecular formula is C15H15F3N6OS. The van der Waals surface area contributed by atoms with Gasteiger partial charge in [-0.1, -0.05) is 0 Å². The fraction of sp³-hybridized carbons (Fsp3) is 0.400. The smallest absolute Gasteiger partial charge is 0.371 e. The number of piperidine rings is 1. The Bertz CT molecular complexity index is 774. The van der Waals surface area contributed by atoms with Crippen LogP contribution in [0.4, 0.5) is 35.4 Å². The number of hydrogen-bond donors (Lipinski definition) is 0. The molecule has 11 heteroatoms. The third kappa shape index (κ3) is 4.15. The molecule has 138 valence electrons. The zero-order valence-corrected chi connectivity index (χ0v) is 14.4. The number of aromatic nitrogens is 2. The highest BCUT2D eigenvalue weighted by Gasteiger charge is 2.39. The van der Waals surface area contributed by atoms with E-state index in [1.807, 2.05) is 4.90 Å². The summed E-state index contributed by atoms with van der Waals surface area (Å²) in [5.74, 6) is 0. The van der Waals surface area contributed by atoms with Gasteiger partial charge in [-0.15, -0.1) is 23.4 Å². The molecule has 0 aliphatic carbocycles. The molecule has 1 aliphatic heterocycles. The largest absolute Gasteiger partial charge is 0.491 e. The Morgan fingerprint density at radius 3 is 2.58 bits per heavy atom. The molecule has 0 unspecified atom stereocenters. The molecule has 2 aromatic rings. The first kappa shape index (κ1) is 18.2. The summed E-state index contributed by atoms with van der Waals surface area (Å²) in [6, 6.07) is 4.43. The topological polar surface area (TPSA) is 74.1 Å². The number of halogens is 3. The summed E-state index contributed by atoms with van der Waals surface area (Å²) in [4.78, 5) is 16.6. The lowest BCUT2D eigenvalue weighted by atomic mass is 10.1. The van der Waals surface area contributed by atoms with Gasteiger partial charge in [-0.2, -0.15) is 4.37 Å². The number of amides is 1. The predicted octanol–water partition coefficient (Wildman–Crippen LogP) is 4.43. The van der Waals surface area contributed by atoms with E-state index in [0.717, 1.165) is 43.9 Å². The maximum Gasteiger partial charge on any atom is 0.491 e. The summed E-state index contributed by atoms with van der Waals surface area (Å²) < 4.78 is 43.5. The maximum absolute atomic E-state index is 13.3. The normalized spacial score (nSPS) is 15.4. The van der Waals surface area contributed by atoms with Gasteiger partial charge in [-0.25, -0.2) is 9.88 Å². The average molecular weight is 384 g/mol. The van der Waals surface area contributed by atoms with E-state index in [1.54, 1.807) is 6.07 Å². The molecule has 3 rings (SSSR count). The second kappa shape index (κ2) is 7.77. The van der Waals surface area contributed by atoms with Gasteiger partial charge in [0.25, 0.3) is 0 Å². The molecule has 26 heavy (non-hydrogen) atoms. The van der Waals surface area contributed by atoms with E-state index in [0.29, 0.717) is 5.69 Å². The van der Waals surface area contributed by atoms with Crippen LogP contribution in [0.2, 0.25) is 0 Å². The van der Waals surface area contributed by atoms with Crippen LogP contribution in [-0.2, 0) is 4.79 Å². The molecule has 1 aromatic carbocycles. The van der Waals surface area contributed by atoms with E-state index in [9.17, 15) is 18.0 Å². The summed E-state index contributed by atoms with van der Waals surface area (Å²) in [5, 5.41) is 7.82. The van der Waals surface area contributed by atoms with Crippen LogP contribution in [0.1, 0.15) is 19.3 Å². The minimum Gasteiger partial charge on any atom is -0.371 e. The molecule has 2 heterocycles. The molecule has 0 saturated carbocycles. The molecule has 7 nitrogen and oxygen atoms in total. The summed E-state index contributed by atoms with van der Waals surface area (Å²) in [7, 11) is 0. The Morgan fingerprint density at radius 1 is 1.19 bits per heavy atom. The summed E-state index contributed by atoms with van der Waals surface area (Å²) >= 11 is 0.958. The number of carbonyl (C=O) groups is 1. The van der Waals surface area contributed by atoms with Gasteiger partial charge in [-0.3, -0.25) is 4.79 Å². The highest BCUT2D eigenvalue weighted by Crippen LogP contribution is 2.38. The quantitative estimate of drug-likeness (QED) is 0.434. The first-order valence-electron chi connectivity index (χ1n) is 7.88. The Morgan fingerprint density at radius 2 is 1.96 bits per heavy atom. The van der Waals surface area contributed by atoms with Gasteiger partial charge >= 0.3 is 6.30 Å². The minimum absolute atomic E-state index is 0.0783. The van der Waals surface area contributed by atoms with Crippen molar-refractivity contribution in [1.29, 1.82) is 0 Å². The fourth-order valence-corrected chi connectivity index (χ4v) is 3.06. The van der Waals surface area contributed by atoms with Crippen molar-refractivity contribution in [2.45, 2.75) is 25.6 Å². The van der Waals surface area contributed by atoms with Gasteiger partial charge in [0.05, 0.1) is 5.69 Å². The molecule has 0 spiro atoms. The van der Waals surface area contributed by atoms with Crippen LogP contribution in [0.5, 0.6) is 0 Å². The first-order chi connectivity index (χ1) is 12.5. The molecule has 1 amide bonds. The lowest BCUT2D eigenvalue weighted by molar-refractivity contribution is -0.141. The molecule has 0 radical (unpaired) electrons. The van der Waals surface area contributed by atoms with E-state index < -0.39 is 6.30 Å². The van der Waals surface area contributed by atoms with E-state index in [2.05, 4.69) is 19.6 Å². The molecule has 1 aliphatic rings. The lowest BCUT2D eigenvalue weighted by Crippen LogP contribution is -2.37. The van der Waals surface area contributed by atoms with Crippen molar-refractivity contribution in [3.63, 3.8) is 0 Å². The molecular weight excluding hydrogens is 369 g/mol. The van der Waals surface area contributed by atoms with Crippen molar-refractivity contribution in [3.8, 4) is 0 Å². The Labute approximate surface area is 151 Å². The zero-order chi connectivity index (χ0) is 18.6. The van der Waals surface area contributed by atoms with Gasteiger partial charge in [0.1, 0.15) is 12.0 Å². The fourth-order valence-electron chi connectivity index (χ4n) is 2.70. The molecule has 0 bridgehead atoms. The summed E-state index contributed by atoms with van der Waals surface area (Å²) in [6.07, 6.45) is -0.809. The first-order valence-corrected chi connectivity index (χ1v) is 8.65. The standard InChI is InChI=1S/C15H15F3N6OS/c16-15(17,18)24(10-25)13-8-11(23-6-2-1-3-7-23)4-5-12(13)21-22-14-19-9-20-26-14/h4-5,8-10H,1-3,6-7H2. The van der Waals surface area contributed by atoms with Gasteiger partial charge in [-0.05, 0) is 37.5 Å². The monoisotopic (exact) mass is 384 g/mol. The highest BCUT2D eigenvalue weighted by molar-refractivity contribution is 7.09. The number of hydrogen-bond acceptors (Lipinski definition) is 7. The average Bonchev–Trinajstić information content (AvgIpc) is 3.14. The summed E-state index contributed by atoms with van der Waals surface area (Å²) in [6.45, 7) is 1.52. The third-order valence-electron chi connectivity index (χ3n) is 3.91. The van der Waals surface area contributed by atoms with Crippen molar-refractivity contribution >= 4 is 40.1 Å². The van der Waals surface area contributed by atoms with Gasteiger partial charge in [0.15, 0.2) is 0 Å². The molecule has 0 N–H and O–H groups in total. The van der Waals surface area contributed by atoms with Crippen LogP contribution in [0.25, 0.3) is 0 Å². The number of alkyl halides is 3. The Hall–Kier alpha value is -2.56. The molecule has 1 saturated heterocycles. The van der Waals surface area contributed by atoms with Crippen LogP contribution in [0.15, 0.2) is 34.8 Å². The number of rotatable bonds is 5. The van der Waals surface area contributed by atoms with Crippen molar-refractivity contribution in [3.05, 3.63) is 24.5 Å². The molecule has 0 atom stereocenters. The second-order valence-corrected chi connectivity index (χ2v) is 6.35. The lowest BCUT2D eigenvalue weighted by Gasteiger charge is -2.30.